The van der Waals surface area contributed by atoms with Crippen molar-refractivity contribution in [3.05, 3.63) is 72.7 Å². The Bertz CT molecular complexity index is 1310. The van der Waals surface area contributed by atoms with Crippen molar-refractivity contribution in [1.29, 1.82) is 0 Å². The van der Waals surface area contributed by atoms with Crippen LogP contribution < -0.4 is 15.1 Å². The van der Waals surface area contributed by atoms with Gasteiger partial charge in [0.05, 0.1) is 12.4 Å². The van der Waals surface area contributed by atoms with Crippen molar-refractivity contribution in [2.75, 3.05) is 29.6 Å². The van der Waals surface area contributed by atoms with Crippen molar-refractivity contribution >= 4 is 23.1 Å². The summed E-state index contributed by atoms with van der Waals surface area (Å²) in [7, 11) is 0. The van der Waals surface area contributed by atoms with Gasteiger partial charge in [-0.2, -0.15) is 0 Å². The van der Waals surface area contributed by atoms with E-state index >= 15 is 0 Å². The predicted molar refractivity (Wildman–Crippen MR) is 127 cm³/mol. The second kappa shape index (κ2) is 7.58. The van der Waals surface area contributed by atoms with E-state index in [-0.39, 0.29) is 5.91 Å². The minimum atomic E-state index is -0.533. The molecule has 8 heteroatoms. The van der Waals surface area contributed by atoms with Crippen molar-refractivity contribution in [2.24, 2.45) is 0 Å². The van der Waals surface area contributed by atoms with Gasteiger partial charge in [-0.25, -0.2) is 4.98 Å². The zero-order chi connectivity index (χ0) is 22.4. The molecule has 33 heavy (non-hydrogen) atoms. The standard InChI is InChI=1S/C25H25N7O/c1-18-28-29-23-22(27-21(16-31(18)23)19-8-4-2-5-9-19)30-14-12-25(13-15-30)24(33)26-17-32(25)20-10-6-3-7-11-20/h2-11,16H,12-15,17H2,1H3,(H,26,33). The van der Waals surface area contributed by atoms with Gasteiger partial charge in [0.2, 0.25) is 11.6 Å². The zero-order valence-electron chi connectivity index (χ0n) is 18.5. The van der Waals surface area contributed by atoms with Crippen LogP contribution in [0.2, 0.25) is 0 Å². The number of fused-ring (bicyclic) bond motifs is 1. The number of aryl methyl sites for hydroxylation is 1. The molecule has 2 aromatic carbocycles. The van der Waals surface area contributed by atoms with Crippen molar-refractivity contribution < 1.29 is 4.79 Å². The van der Waals surface area contributed by atoms with E-state index in [0.29, 0.717) is 32.6 Å². The maximum atomic E-state index is 13.0. The molecule has 0 unspecified atom stereocenters. The van der Waals surface area contributed by atoms with Crippen LogP contribution in [0.4, 0.5) is 11.5 Å². The topological polar surface area (TPSA) is 78.7 Å². The number of hydrogen-bond donors (Lipinski definition) is 1. The van der Waals surface area contributed by atoms with Crippen LogP contribution in [0.3, 0.4) is 0 Å². The van der Waals surface area contributed by atoms with Gasteiger partial charge in [-0.3, -0.25) is 9.20 Å². The van der Waals surface area contributed by atoms with Crippen molar-refractivity contribution in [2.45, 2.75) is 25.3 Å². The third-order valence-electron chi connectivity index (χ3n) is 6.91. The van der Waals surface area contributed by atoms with Gasteiger partial charge in [0.15, 0.2) is 5.82 Å². The van der Waals surface area contributed by atoms with Gasteiger partial charge in [-0.05, 0) is 31.9 Å². The summed E-state index contributed by atoms with van der Waals surface area (Å²) in [6.07, 6.45) is 3.42. The first kappa shape index (κ1) is 19.7. The Hall–Kier alpha value is -3.94. The highest BCUT2D eigenvalue weighted by atomic mass is 16.2. The van der Waals surface area contributed by atoms with Crippen LogP contribution in [-0.4, -0.2) is 50.8 Å². The number of hydrogen-bond acceptors (Lipinski definition) is 6. The number of amides is 1. The quantitative estimate of drug-likeness (QED) is 0.529. The number of carbonyl (C=O) groups excluding carboxylic acids is 1. The van der Waals surface area contributed by atoms with Crippen molar-refractivity contribution in [3.63, 3.8) is 0 Å². The van der Waals surface area contributed by atoms with Crippen LogP contribution in [0.5, 0.6) is 0 Å². The second-order valence-corrected chi connectivity index (χ2v) is 8.70. The van der Waals surface area contributed by atoms with Crippen LogP contribution in [0, 0.1) is 6.92 Å². The maximum Gasteiger partial charge on any atom is 0.247 e. The number of aromatic nitrogens is 4. The fourth-order valence-corrected chi connectivity index (χ4v) is 5.07. The lowest BCUT2D eigenvalue weighted by Gasteiger charge is -2.43. The minimum absolute atomic E-state index is 0.112. The number of nitrogens with one attached hydrogen (secondary N) is 1. The average Bonchev–Trinajstić information content (AvgIpc) is 3.40. The van der Waals surface area contributed by atoms with Gasteiger partial charge in [-0.1, -0.05) is 48.5 Å². The molecule has 1 amide bonds. The van der Waals surface area contributed by atoms with Crippen LogP contribution in [-0.2, 0) is 4.79 Å². The molecule has 1 spiro atoms. The number of para-hydroxylation sites is 1. The molecule has 0 aliphatic carbocycles. The highest BCUT2D eigenvalue weighted by molar-refractivity contribution is 5.93. The fraction of sp³-hybridized carbons (Fsp3) is 0.280. The Morgan fingerprint density at radius 2 is 1.64 bits per heavy atom. The normalized spacial score (nSPS) is 17.7. The van der Waals surface area contributed by atoms with Crippen LogP contribution in [0.1, 0.15) is 18.7 Å². The number of rotatable bonds is 3. The number of nitrogens with zero attached hydrogens (tertiary/aromatic N) is 6. The van der Waals surface area contributed by atoms with Crippen molar-refractivity contribution in [1.82, 2.24) is 24.9 Å². The molecule has 4 heterocycles. The third-order valence-corrected chi connectivity index (χ3v) is 6.91. The van der Waals surface area contributed by atoms with E-state index in [2.05, 4.69) is 49.6 Å². The molecule has 8 nitrogen and oxygen atoms in total. The van der Waals surface area contributed by atoms with E-state index in [1.165, 1.54) is 0 Å². The molecule has 2 fully saturated rings. The number of piperidine rings is 1. The molecule has 1 N–H and O–H groups in total. The molecule has 166 valence electrons. The highest BCUT2D eigenvalue weighted by Gasteiger charge is 2.50. The van der Waals surface area contributed by atoms with Gasteiger partial charge >= 0.3 is 0 Å². The monoisotopic (exact) mass is 439 g/mol. The molecule has 2 saturated heterocycles. The Morgan fingerprint density at radius 3 is 2.36 bits per heavy atom. The molecule has 0 saturated carbocycles. The molecule has 6 rings (SSSR count). The lowest BCUT2D eigenvalue weighted by Crippen LogP contribution is -2.56. The summed E-state index contributed by atoms with van der Waals surface area (Å²) in [6, 6.07) is 20.3. The van der Waals surface area contributed by atoms with E-state index in [1.54, 1.807) is 0 Å². The molecule has 0 bridgehead atoms. The zero-order valence-corrected chi connectivity index (χ0v) is 18.5. The number of benzene rings is 2. The van der Waals surface area contributed by atoms with E-state index in [4.69, 9.17) is 4.98 Å². The Balaban J connectivity index is 1.35. The highest BCUT2D eigenvalue weighted by Crippen LogP contribution is 2.38. The molecule has 4 aromatic rings. The van der Waals surface area contributed by atoms with E-state index < -0.39 is 5.54 Å². The van der Waals surface area contributed by atoms with E-state index in [1.807, 2.05) is 53.9 Å². The largest absolute Gasteiger partial charge is 0.353 e. The molecule has 0 radical (unpaired) electrons. The van der Waals surface area contributed by atoms with Gasteiger partial charge in [0.1, 0.15) is 11.4 Å². The molecular formula is C25H25N7O. The maximum absolute atomic E-state index is 13.0. The number of carbonyl (C=O) groups is 1. The van der Waals surface area contributed by atoms with Gasteiger partial charge in [0, 0.05) is 30.5 Å². The van der Waals surface area contributed by atoms with Gasteiger partial charge < -0.3 is 15.1 Å². The summed E-state index contributed by atoms with van der Waals surface area (Å²) in [5, 5.41) is 11.8. The Labute approximate surface area is 191 Å². The fourth-order valence-electron chi connectivity index (χ4n) is 5.07. The van der Waals surface area contributed by atoms with E-state index in [0.717, 1.165) is 34.2 Å². The van der Waals surface area contributed by atoms with E-state index in [9.17, 15) is 4.79 Å². The summed E-state index contributed by atoms with van der Waals surface area (Å²) < 4.78 is 2.01. The molecular weight excluding hydrogens is 414 g/mol. The molecule has 0 atom stereocenters. The molecule has 2 aromatic heterocycles. The minimum Gasteiger partial charge on any atom is -0.353 e. The first-order chi connectivity index (χ1) is 16.2. The van der Waals surface area contributed by atoms with Crippen LogP contribution in [0.25, 0.3) is 16.9 Å². The summed E-state index contributed by atoms with van der Waals surface area (Å²) in [5.41, 5.74) is 3.22. The predicted octanol–water partition coefficient (Wildman–Crippen LogP) is 3.03. The smallest absolute Gasteiger partial charge is 0.247 e. The molecule has 2 aliphatic heterocycles. The number of anilines is 2. The molecule has 2 aliphatic rings. The summed E-state index contributed by atoms with van der Waals surface area (Å²) >= 11 is 0. The van der Waals surface area contributed by atoms with Crippen molar-refractivity contribution in [3.8, 4) is 11.3 Å². The van der Waals surface area contributed by atoms with Crippen LogP contribution in [0.15, 0.2) is 66.9 Å². The first-order valence-electron chi connectivity index (χ1n) is 11.3. The summed E-state index contributed by atoms with van der Waals surface area (Å²) in [5.74, 6) is 1.75. The lowest BCUT2D eigenvalue weighted by atomic mass is 9.85. The Morgan fingerprint density at radius 1 is 0.939 bits per heavy atom. The van der Waals surface area contributed by atoms with Gasteiger partial charge in [0.25, 0.3) is 0 Å². The third kappa shape index (κ3) is 3.13. The average molecular weight is 440 g/mol. The first-order valence-corrected chi connectivity index (χ1v) is 11.3. The Kier molecular flexibility index (Phi) is 4.53. The van der Waals surface area contributed by atoms with Gasteiger partial charge in [-0.15, -0.1) is 10.2 Å². The summed E-state index contributed by atoms with van der Waals surface area (Å²) in [4.78, 5) is 22.5. The summed E-state index contributed by atoms with van der Waals surface area (Å²) in [6.45, 7) is 3.91. The van der Waals surface area contributed by atoms with Crippen LogP contribution >= 0.6 is 0 Å². The lowest BCUT2D eigenvalue weighted by molar-refractivity contribution is -0.124. The second-order valence-electron chi connectivity index (χ2n) is 8.70. The SMILES string of the molecule is Cc1nnc2c(N3CCC4(CC3)C(=O)NCN4c3ccccc3)nc(-c3ccccc3)cn12.